The van der Waals surface area contributed by atoms with Crippen molar-refractivity contribution in [3.05, 3.63) is 247 Å². The summed E-state index contributed by atoms with van der Waals surface area (Å²) in [7, 11) is 0. The van der Waals surface area contributed by atoms with Gasteiger partial charge in [0.05, 0.1) is 5.41 Å². The van der Waals surface area contributed by atoms with Crippen LogP contribution >= 0.6 is 0 Å². The lowest BCUT2D eigenvalue weighted by molar-refractivity contribution is 0.794. The monoisotopic (exact) mass is 775 g/mol. The van der Waals surface area contributed by atoms with Crippen molar-refractivity contribution in [2.75, 3.05) is 0 Å². The minimum Gasteiger partial charge on any atom is -0.208 e. The summed E-state index contributed by atoms with van der Waals surface area (Å²) in [5.74, 6) is 1.92. The maximum atomic E-state index is 5.09. The second-order valence-electron chi connectivity index (χ2n) is 15.9. The molecule has 0 atom stereocenters. The summed E-state index contributed by atoms with van der Waals surface area (Å²) in [6, 6.07) is 80.5. The van der Waals surface area contributed by atoms with Gasteiger partial charge in [-0.15, -0.1) is 0 Å². The van der Waals surface area contributed by atoms with Gasteiger partial charge in [0, 0.05) is 16.7 Å². The maximum absolute atomic E-state index is 5.09. The van der Waals surface area contributed by atoms with Crippen LogP contribution in [0.1, 0.15) is 22.3 Å². The van der Waals surface area contributed by atoms with Crippen LogP contribution in [0.15, 0.2) is 224 Å². The Morgan fingerprint density at radius 2 is 0.492 bits per heavy atom. The van der Waals surface area contributed by atoms with Crippen LogP contribution in [0.25, 0.3) is 89.8 Å². The molecule has 1 spiro atoms. The van der Waals surface area contributed by atoms with Gasteiger partial charge in [-0.1, -0.05) is 218 Å². The van der Waals surface area contributed by atoms with E-state index in [0.29, 0.717) is 17.5 Å². The van der Waals surface area contributed by atoms with Gasteiger partial charge in [-0.2, -0.15) is 0 Å². The molecule has 0 aliphatic heterocycles. The molecular formula is C58H37N3. The second kappa shape index (κ2) is 14.1. The van der Waals surface area contributed by atoms with Crippen LogP contribution in [0.5, 0.6) is 0 Å². The van der Waals surface area contributed by atoms with Gasteiger partial charge in [0.1, 0.15) is 0 Å². The highest BCUT2D eigenvalue weighted by Gasteiger charge is 2.51. The number of benzene rings is 9. The van der Waals surface area contributed by atoms with Crippen LogP contribution in [-0.4, -0.2) is 15.0 Å². The van der Waals surface area contributed by atoms with Gasteiger partial charge in [0.2, 0.25) is 0 Å². The molecule has 2 aliphatic rings. The molecule has 0 amide bonds. The van der Waals surface area contributed by atoms with E-state index in [0.717, 1.165) is 33.4 Å². The summed E-state index contributed by atoms with van der Waals surface area (Å²) in [5, 5.41) is 0. The van der Waals surface area contributed by atoms with Crippen LogP contribution in [0, 0.1) is 0 Å². The molecule has 0 N–H and O–H groups in total. The van der Waals surface area contributed by atoms with E-state index in [1.54, 1.807) is 0 Å². The van der Waals surface area contributed by atoms with Gasteiger partial charge in [0.25, 0.3) is 0 Å². The van der Waals surface area contributed by atoms with E-state index in [2.05, 4.69) is 188 Å². The van der Waals surface area contributed by atoms with Crippen LogP contribution in [0.4, 0.5) is 0 Å². The van der Waals surface area contributed by atoms with Crippen LogP contribution in [-0.2, 0) is 5.41 Å². The van der Waals surface area contributed by atoms with Crippen LogP contribution in [0.3, 0.4) is 0 Å². The Kier molecular flexibility index (Phi) is 8.07. The van der Waals surface area contributed by atoms with Crippen molar-refractivity contribution in [1.82, 2.24) is 15.0 Å². The predicted octanol–water partition coefficient (Wildman–Crippen LogP) is 14.2. The first-order chi connectivity index (χ1) is 30.2. The second-order valence-corrected chi connectivity index (χ2v) is 15.9. The summed E-state index contributed by atoms with van der Waals surface area (Å²) in [4.78, 5) is 15.1. The first kappa shape index (κ1) is 35.0. The van der Waals surface area contributed by atoms with Gasteiger partial charge in [0.15, 0.2) is 17.5 Å². The number of hydrogen-bond donors (Lipinski definition) is 0. The van der Waals surface area contributed by atoms with Gasteiger partial charge >= 0.3 is 0 Å². The quantitative estimate of drug-likeness (QED) is 0.169. The highest BCUT2D eigenvalue weighted by Crippen LogP contribution is 2.63. The fourth-order valence-electron chi connectivity index (χ4n) is 9.73. The fraction of sp³-hybridized carbons (Fsp3) is 0.0172. The topological polar surface area (TPSA) is 38.7 Å². The van der Waals surface area contributed by atoms with E-state index >= 15 is 0 Å². The molecule has 0 fully saturated rings. The van der Waals surface area contributed by atoms with E-state index < -0.39 is 0 Å². The molecule has 10 aromatic rings. The standard InChI is InChI=1S/C58H37N3/c1-3-13-38(14-4-1)39-23-25-40(26-24-39)41-27-31-44(32-28-41)56-59-55(43-15-5-2-6-16-43)60-57(61-56)45-33-29-42(30-34-45)46-35-36-50-49-19-9-12-22-53(49)58(54(50)37-46)51-20-10-7-17-47(51)48-18-8-11-21-52(48)58/h1-37H. The average Bonchev–Trinajstić information content (AvgIpc) is 3.82. The zero-order chi connectivity index (χ0) is 40.3. The lowest BCUT2D eigenvalue weighted by Gasteiger charge is -2.30. The first-order valence-electron chi connectivity index (χ1n) is 20.8. The van der Waals surface area contributed by atoms with Crippen molar-refractivity contribution >= 4 is 0 Å². The minimum atomic E-state index is -0.380. The SMILES string of the molecule is c1ccc(-c2ccc(-c3ccc(-c4nc(-c5ccccc5)nc(-c5ccc(-c6ccc7c(c6)C6(c8ccccc8-c8ccccc86)c6ccccc6-7)cc5)n4)cc3)cc2)cc1. The average molecular weight is 776 g/mol. The highest BCUT2D eigenvalue weighted by molar-refractivity contribution is 5.96. The number of nitrogens with zero attached hydrogens (tertiary/aromatic N) is 3. The Morgan fingerprint density at radius 1 is 0.213 bits per heavy atom. The zero-order valence-corrected chi connectivity index (χ0v) is 33.2. The molecule has 0 saturated heterocycles. The Balaban J connectivity index is 0.907. The molecule has 0 bridgehead atoms. The van der Waals surface area contributed by atoms with Crippen molar-refractivity contribution in [1.29, 1.82) is 0 Å². The molecule has 0 unspecified atom stereocenters. The molecule has 1 heterocycles. The Morgan fingerprint density at radius 3 is 0.918 bits per heavy atom. The molecule has 12 rings (SSSR count). The lowest BCUT2D eigenvalue weighted by Crippen LogP contribution is -2.25. The minimum absolute atomic E-state index is 0.380. The van der Waals surface area contributed by atoms with Crippen LogP contribution < -0.4 is 0 Å². The molecule has 61 heavy (non-hydrogen) atoms. The van der Waals surface area contributed by atoms with Crippen molar-refractivity contribution in [3.8, 4) is 89.8 Å². The Bertz CT molecular complexity index is 3200. The van der Waals surface area contributed by atoms with Gasteiger partial charge in [-0.3, -0.25) is 0 Å². The third kappa shape index (κ3) is 5.62. The summed E-state index contributed by atoms with van der Waals surface area (Å²) >= 11 is 0. The molecular weight excluding hydrogens is 739 g/mol. The molecule has 3 nitrogen and oxygen atoms in total. The van der Waals surface area contributed by atoms with E-state index in [1.165, 1.54) is 61.2 Å². The van der Waals surface area contributed by atoms with Crippen molar-refractivity contribution < 1.29 is 0 Å². The van der Waals surface area contributed by atoms with Gasteiger partial charge in [-0.05, 0) is 84.0 Å². The molecule has 0 saturated carbocycles. The number of hydrogen-bond acceptors (Lipinski definition) is 3. The lowest BCUT2D eigenvalue weighted by atomic mass is 9.70. The van der Waals surface area contributed by atoms with Crippen molar-refractivity contribution in [2.24, 2.45) is 0 Å². The van der Waals surface area contributed by atoms with E-state index in [4.69, 9.17) is 15.0 Å². The highest BCUT2D eigenvalue weighted by atomic mass is 15.0. The summed E-state index contributed by atoms with van der Waals surface area (Å²) in [5.41, 5.74) is 20.1. The predicted molar refractivity (Wildman–Crippen MR) is 249 cm³/mol. The summed E-state index contributed by atoms with van der Waals surface area (Å²) in [6.07, 6.45) is 0. The largest absolute Gasteiger partial charge is 0.208 e. The number of fused-ring (bicyclic) bond motifs is 10. The third-order valence-electron chi connectivity index (χ3n) is 12.6. The summed E-state index contributed by atoms with van der Waals surface area (Å²) < 4.78 is 0. The van der Waals surface area contributed by atoms with Crippen LogP contribution in [0.2, 0.25) is 0 Å². The summed E-state index contributed by atoms with van der Waals surface area (Å²) in [6.45, 7) is 0. The Hall–Kier alpha value is -8.01. The fourth-order valence-corrected chi connectivity index (χ4v) is 9.73. The zero-order valence-electron chi connectivity index (χ0n) is 33.2. The smallest absolute Gasteiger partial charge is 0.164 e. The molecule has 284 valence electrons. The van der Waals surface area contributed by atoms with E-state index in [-0.39, 0.29) is 5.41 Å². The third-order valence-corrected chi connectivity index (χ3v) is 12.6. The van der Waals surface area contributed by atoms with Gasteiger partial charge < -0.3 is 0 Å². The molecule has 9 aromatic carbocycles. The first-order valence-corrected chi connectivity index (χ1v) is 20.8. The molecule has 0 radical (unpaired) electrons. The normalized spacial score (nSPS) is 12.7. The Labute approximate surface area is 355 Å². The van der Waals surface area contributed by atoms with Crippen molar-refractivity contribution in [2.45, 2.75) is 5.41 Å². The molecule has 3 heteroatoms. The van der Waals surface area contributed by atoms with E-state index in [9.17, 15) is 0 Å². The number of aromatic nitrogens is 3. The maximum Gasteiger partial charge on any atom is 0.164 e. The van der Waals surface area contributed by atoms with Gasteiger partial charge in [-0.25, -0.2) is 15.0 Å². The number of rotatable bonds is 6. The molecule has 1 aromatic heterocycles. The molecule has 2 aliphatic carbocycles. The van der Waals surface area contributed by atoms with E-state index in [1.807, 2.05) is 36.4 Å². The van der Waals surface area contributed by atoms with Crippen molar-refractivity contribution in [3.63, 3.8) is 0 Å².